The Kier molecular flexibility index (Phi) is 9.28. The number of esters is 1. The van der Waals surface area contributed by atoms with Gasteiger partial charge in [-0.05, 0) is 51.0 Å². The summed E-state index contributed by atoms with van der Waals surface area (Å²) in [6.45, 7) is 6.06. The Bertz CT molecular complexity index is 1590. The maximum Gasteiger partial charge on any atom is 0.333 e. The van der Waals surface area contributed by atoms with Crippen molar-refractivity contribution in [2.24, 2.45) is 0 Å². The van der Waals surface area contributed by atoms with Crippen molar-refractivity contribution in [3.8, 4) is 28.6 Å². The molecule has 0 amide bonds. The number of hydrogen-bond acceptors (Lipinski definition) is 12. The number of aromatic hydroxyl groups is 3. The van der Waals surface area contributed by atoms with Crippen molar-refractivity contribution in [1.82, 2.24) is 0 Å². The van der Waals surface area contributed by atoms with Crippen LogP contribution in [0, 0.1) is 0 Å². The van der Waals surface area contributed by atoms with E-state index in [1.807, 2.05) is 0 Å². The van der Waals surface area contributed by atoms with Crippen LogP contribution < -0.4 is 5.43 Å². The number of benzene rings is 2. The average molecular weight is 599 g/mol. The third-order valence-corrected chi connectivity index (χ3v) is 7.39. The Hall–Kier alpha value is -4.20. The second kappa shape index (κ2) is 12.6. The molecule has 230 valence electrons. The normalized spacial score (nSPS) is 24.0. The smallest absolute Gasteiger partial charge is 0.333 e. The molecule has 7 N–H and O–H groups in total. The number of carbonyl (C=O) groups excluding carboxylic acids is 1. The van der Waals surface area contributed by atoms with Crippen molar-refractivity contribution in [3.63, 3.8) is 0 Å². The summed E-state index contributed by atoms with van der Waals surface area (Å²) in [6, 6.07) is 7.62. The van der Waals surface area contributed by atoms with E-state index in [1.54, 1.807) is 13.0 Å². The third kappa shape index (κ3) is 6.74. The monoisotopic (exact) mass is 598 g/mol. The first-order valence-electron chi connectivity index (χ1n) is 13.5. The number of phenols is 3. The van der Waals surface area contributed by atoms with Crippen LogP contribution in [0.1, 0.15) is 38.4 Å². The van der Waals surface area contributed by atoms with Gasteiger partial charge in [0.05, 0.1) is 11.2 Å². The fourth-order valence-electron chi connectivity index (χ4n) is 4.73. The molecule has 43 heavy (non-hydrogen) atoms. The maximum atomic E-state index is 13.0. The van der Waals surface area contributed by atoms with Gasteiger partial charge < -0.3 is 49.6 Å². The van der Waals surface area contributed by atoms with Crippen LogP contribution in [-0.2, 0) is 14.3 Å². The van der Waals surface area contributed by atoms with Crippen LogP contribution in [0.5, 0.6) is 17.2 Å². The molecule has 1 aliphatic rings. The van der Waals surface area contributed by atoms with Crippen LogP contribution in [0.4, 0.5) is 0 Å². The Balaban J connectivity index is 1.65. The first-order chi connectivity index (χ1) is 20.2. The van der Waals surface area contributed by atoms with E-state index in [0.717, 1.165) is 12.1 Å². The SMILES string of the molecule is C=CC(C)(O)CC/C=C(\C)C(=O)OC[C@H]1O[C@@H](c2c(O)cc(O)c3c(=O)cc(-c4ccc(O)cc4)oc23)[C@H](O)[C@@H](O)[C@@H]1O. The molecule has 0 aliphatic carbocycles. The minimum Gasteiger partial charge on any atom is -0.508 e. The molecule has 0 saturated carbocycles. The molecule has 2 aromatic carbocycles. The summed E-state index contributed by atoms with van der Waals surface area (Å²) >= 11 is 0. The number of ether oxygens (including phenoxy) is 2. The van der Waals surface area contributed by atoms with Crippen molar-refractivity contribution >= 4 is 16.9 Å². The zero-order valence-corrected chi connectivity index (χ0v) is 23.5. The Labute approximate surface area is 246 Å². The lowest BCUT2D eigenvalue weighted by atomic mass is 9.89. The van der Waals surface area contributed by atoms with Crippen LogP contribution in [0.3, 0.4) is 0 Å². The van der Waals surface area contributed by atoms with Gasteiger partial charge in [-0.1, -0.05) is 12.2 Å². The van der Waals surface area contributed by atoms with Gasteiger partial charge in [0, 0.05) is 23.3 Å². The van der Waals surface area contributed by atoms with E-state index < -0.39 is 65.6 Å². The van der Waals surface area contributed by atoms with Crippen molar-refractivity contribution in [2.75, 3.05) is 6.61 Å². The number of aliphatic hydroxyl groups excluding tert-OH is 3. The second-order valence-corrected chi connectivity index (χ2v) is 10.7. The summed E-state index contributed by atoms with van der Waals surface area (Å²) in [6.07, 6.45) is -4.78. The molecule has 6 atom stereocenters. The number of aliphatic hydroxyl groups is 4. The molecule has 4 rings (SSSR count). The minimum atomic E-state index is -1.84. The Morgan fingerprint density at radius 1 is 1.05 bits per heavy atom. The third-order valence-electron chi connectivity index (χ3n) is 7.39. The number of fused-ring (bicyclic) bond motifs is 1. The van der Waals surface area contributed by atoms with E-state index in [0.29, 0.717) is 18.4 Å². The maximum absolute atomic E-state index is 13.0. The van der Waals surface area contributed by atoms with Gasteiger partial charge in [0.2, 0.25) is 0 Å². The quantitative estimate of drug-likeness (QED) is 0.108. The van der Waals surface area contributed by atoms with Crippen LogP contribution in [-0.4, -0.2) is 78.3 Å². The Morgan fingerprint density at radius 3 is 2.37 bits per heavy atom. The molecule has 1 unspecified atom stereocenters. The number of rotatable bonds is 9. The first kappa shape index (κ1) is 31.7. The van der Waals surface area contributed by atoms with Gasteiger partial charge in [0.25, 0.3) is 0 Å². The van der Waals surface area contributed by atoms with Crippen molar-refractivity contribution < 1.29 is 54.4 Å². The van der Waals surface area contributed by atoms with Gasteiger partial charge in [-0.25, -0.2) is 4.79 Å². The molecule has 0 radical (unpaired) electrons. The lowest BCUT2D eigenvalue weighted by Gasteiger charge is -2.40. The molecule has 1 saturated heterocycles. The van der Waals surface area contributed by atoms with E-state index in [1.165, 1.54) is 37.3 Å². The number of allylic oxidation sites excluding steroid dienone is 1. The molecule has 1 aromatic heterocycles. The molecule has 12 nitrogen and oxygen atoms in total. The summed E-state index contributed by atoms with van der Waals surface area (Å²) < 4.78 is 17.0. The Morgan fingerprint density at radius 2 is 1.72 bits per heavy atom. The summed E-state index contributed by atoms with van der Waals surface area (Å²) in [4.78, 5) is 25.6. The molecule has 3 aromatic rings. The molecule has 0 spiro atoms. The number of phenolic OH excluding ortho intramolecular Hbond substituents is 3. The van der Waals surface area contributed by atoms with Gasteiger partial charge in [-0.3, -0.25) is 4.79 Å². The van der Waals surface area contributed by atoms with Crippen LogP contribution in [0.2, 0.25) is 0 Å². The van der Waals surface area contributed by atoms with E-state index in [-0.39, 0.29) is 33.6 Å². The van der Waals surface area contributed by atoms with Crippen molar-refractivity contribution in [1.29, 1.82) is 0 Å². The second-order valence-electron chi connectivity index (χ2n) is 10.7. The van der Waals surface area contributed by atoms with E-state index in [4.69, 9.17) is 13.9 Å². The van der Waals surface area contributed by atoms with Crippen LogP contribution in [0.15, 0.2) is 69.9 Å². The fraction of sp³-hybridized carbons (Fsp3) is 0.355. The zero-order valence-electron chi connectivity index (χ0n) is 23.5. The number of carbonyl (C=O) groups is 1. The standard InChI is InChI=1S/C31H34O12/c1-4-31(3,40)11-5-6-15(2)30(39)41-14-22-25(36)26(37)27(38)29(43-22)24-19(34)12-18(33)23-20(35)13-21(42-28(23)24)16-7-9-17(32)10-8-16/h4,6-10,12-13,22,25-27,29,32-34,36-38,40H,1,5,11,14H2,2-3H3/b15-6+/t22-,25-,26+,27-,29+,31?/m1/s1. The first-order valence-corrected chi connectivity index (χ1v) is 13.5. The summed E-state index contributed by atoms with van der Waals surface area (Å²) in [7, 11) is 0. The predicted octanol–water partition coefficient (Wildman–Crippen LogP) is 2.31. The zero-order chi connectivity index (χ0) is 31.6. The minimum absolute atomic E-state index is 0.00280. The summed E-state index contributed by atoms with van der Waals surface area (Å²) in [5.41, 5.74) is -1.88. The van der Waals surface area contributed by atoms with Gasteiger partial charge in [-0.2, -0.15) is 0 Å². The largest absolute Gasteiger partial charge is 0.508 e. The highest BCUT2D eigenvalue weighted by Crippen LogP contribution is 2.43. The van der Waals surface area contributed by atoms with Gasteiger partial charge in [0.15, 0.2) is 11.0 Å². The lowest BCUT2D eigenvalue weighted by molar-refractivity contribution is -0.234. The fourth-order valence-corrected chi connectivity index (χ4v) is 4.73. The number of hydrogen-bond donors (Lipinski definition) is 7. The molecule has 1 aliphatic heterocycles. The highest BCUT2D eigenvalue weighted by molar-refractivity contribution is 5.90. The molecular weight excluding hydrogens is 564 g/mol. The van der Waals surface area contributed by atoms with E-state index in [9.17, 15) is 45.3 Å². The average Bonchev–Trinajstić information content (AvgIpc) is 2.96. The van der Waals surface area contributed by atoms with Crippen LogP contribution >= 0.6 is 0 Å². The summed E-state index contributed by atoms with van der Waals surface area (Å²) in [5, 5.41) is 72.7. The molecule has 12 heteroatoms. The van der Waals surface area contributed by atoms with Gasteiger partial charge in [0.1, 0.15) is 65.5 Å². The molecule has 0 bridgehead atoms. The molecule has 2 heterocycles. The highest BCUT2D eigenvalue weighted by atomic mass is 16.6. The predicted molar refractivity (Wildman–Crippen MR) is 153 cm³/mol. The van der Waals surface area contributed by atoms with Gasteiger partial charge in [-0.15, -0.1) is 6.58 Å². The van der Waals surface area contributed by atoms with Gasteiger partial charge >= 0.3 is 5.97 Å². The topological polar surface area (TPSA) is 207 Å². The summed E-state index contributed by atoms with van der Waals surface area (Å²) in [5.74, 6) is -2.05. The molecule has 1 fully saturated rings. The molecular formula is C31H34O12. The van der Waals surface area contributed by atoms with E-state index >= 15 is 0 Å². The van der Waals surface area contributed by atoms with Crippen molar-refractivity contribution in [3.05, 3.63) is 76.5 Å². The van der Waals surface area contributed by atoms with Crippen LogP contribution in [0.25, 0.3) is 22.3 Å². The van der Waals surface area contributed by atoms with E-state index in [2.05, 4.69) is 6.58 Å². The lowest BCUT2D eigenvalue weighted by Crippen LogP contribution is -2.55. The highest BCUT2D eigenvalue weighted by Gasteiger charge is 2.46. The van der Waals surface area contributed by atoms with Crippen molar-refractivity contribution in [2.45, 2.75) is 62.8 Å².